The molecule has 0 atom stereocenters. The Kier molecular flexibility index (Phi) is 6.85. The van der Waals surface area contributed by atoms with Gasteiger partial charge in [-0.2, -0.15) is 0 Å². The first-order valence-corrected chi connectivity index (χ1v) is 14.9. The first-order valence-electron chi connectivity index (χ1n) is 14.9. The van der Waals surface area contributed by atoms with Gasteiger partial charge in [0.1, 0.15) is 23.0 Å². The van der Waals surface area contributed by atoms with E-state index in [4.69, 9.17) is 0 Å². The Hall–Kier alpha value is -4.96. The fourth-order valence-corrected chi connectivity index (χ4v) is 6.03. The predicted octanol–water partition coefficient (Wildman–Crippen LogP) is 10.4. The fourth-order valence-electron chi connectivity index (χ4n) is 6.03. The summed E-state index contributed by atoms with van der Waals surface area (Å²) in [6.45, 7) is 12.6. The summed E-state index contributed by atoms with van der Waals surface area (Å²) in [7, 11) is 0. The van der Waals surface area contributed by atoms with Crippen molar-refractivity contribution < 1.29 is 20.4 Å². The van der Waals surface area contributed by atoms with E-state index in [-0.39, 0.29) is 33.8 Å². The highest BCUT2D eigenvalue weighted by atomic mass is 16.3. The van der Waals surface area contributed by atoms with Gasteiger partial charge in [-0.15, -0.1) is 0 Å². The fraction of sp³-hybridized carbons (Fsp3) is 0.200. The molecule has 4 N–H and O–H groups in total. The Morgan fingerprint density at radius 2 is 0.773 bits per heavy atom. The van der Waals surface area contributed by atoms with Gasteiger partial charge in [-0.1, -0.05) is 102 Å². The molecule has 0 saturated carbocycles. The van der Waals surface area contributed by atoms with Crippen LogP contribution in [0.3, 0.4) is 0 Å². The van der Waals surface area contributed by atoms with Crippen molar-refractivity contribution in [2.45, 2.75) is 52.4 Å². The van der Waals surface area contributed by atoms with Crippen LogP contribution in [0.4, 0.5) is 0 Å². The van der Waals surface area contributed by atoms with Crippen molar-refractivity contribution in [1.29, 1.82) is 0 Å². The van der Waals surface area contributed by atoms with Gasteiger partial charge >= 0.3 is 0 Å². The van der Waals surface area contributed by atoms with E-state index in [1.165, 1.54) is 0 Å². The Morgan fingerprint density at radius 1 is 0.409 bits per heavy atom. The molecule has 0 heterocycles. The van der Waals surface area contributed by atoms with E-state index in [1.807, 2.05) is 84.9 Å². The number of benzene rings is 6. The highest BCUT2D eigenvalue weighted by molar-refractivity contribution is 6.14. The minimum Gasteiger partial charge on any atom is -0.507 e. The van der Waals surface area contributed by atoms with Gasteiger partial charge in [0, 0.05) is 33.4 Å². The molecule has 0 aliphatic carbocycles. The molecule has 0 aromatic heterocycles. The van der Waals surface area contributed by atoms with Crippen molar-refractivity contribution >= 4 is 21.5 Å². The van der Waals surface area contributed by atoms with Crippen LogP contribution in [0.5, 0.6) is 23.0 Å². The Morgan fingerprint density at radius 3 is 1.14 bits per heavy atom. The second kappa shape index (κ2) is 10.3. The Labute approximate surface area is 258 Å². The minimum absolute atomic E-state index is 0.0460. The largest absolute Gasteiger partial charge is 0.507 e. The Bertz CT molecular complexity index is 1920. The maximum Gasteiger partial charge on any atom is 0.132 e. The number of hydrogen-bond acceptors (Lipinski definition) is 4. The SMILES string of the molecule is CC(C)(C)c1ccc(O)c(-c2cc3ccccc3c(-c3c(O)c(-c4cc(C(C)(C)C)ccc4O)cc4ccccc34)c2O)c1. The molecule has 222 valence electrons. The molecule has 6 aromatic rings. The van der Waals surface area contributed by atoms with Crippen LogP contribution in [0.2, 0.25) is 0 Å². The van der Waals surface area contributed by atoms with E-state index in [0.29, 0.717) is 33.4 Å². The van der Waals surface area contributed by atoms with E-state index in [1.54, 1.807) is 12.1 Å². The average Bonchev–Trinajstić information content (AvgIpc) is 2.97. The van der Waals surface area contributed by atoms with Crippen molar-refractivity contribution in [3.05, 3.63) is 108 Å². The van der Waals surface area contributed by atoms with Crippen molar-refractivity contribution in [2.24, 2.45) is 0 Å². The average molecular weight is 583 g/mol. The summed E-state index contributed by atoms with van der Waals surface area (Å²) in [4.78, 5) is 0. The molecule has 0 unspecified atom stereocenters. The number of rotatable bonds is 3. The van der Waals surface area contributed by atoms with Gasteiger partial charge in [0.15, 0.2) is 0 Å². The van der Waals surface area contributed by atoms with Gasteiger partial charge < -0.3 is 20.4 Å². The third-order valence-electron chi connectivity index (χ3n) is 8.60. The maximum atomic E-state index is 12.2. The number of hydrogen-bond donors (Lipinski definition) is 4. The quantitative estimate of drug-likeness (QED) is 0.167. The molecule has 0 amide bonds. The molecule has 6 rings (SSSR count). The topological polar surface area (TPSA) is 80.9 Å². The van der Waals surface area contributed by atoms with Crippen molar-refractivity contribution in [2.75, 3.05) is 0 Å². The second-order valence-corrected chi connectivity index (χ2v) is 13.7. The van der Waals surface area contributed by atoms with Gasteiger partial charge in [0.2, 0.25) is 0 Å². The summed E-state index contributed by atoms with van der Waals surface area (Å²) in [6.07, 6.45) is 0. The van der Waals surface area contributed by atoms with E-state index in [0.717, 1.165) is 32.7 Å². The maximum absolute atomic E-state index is 12.2. The summed E-state index contributed by atoms with van der Waals surface area (Å²) >= 11 is 0. The van der Waals surface area contributed by atoms with Crippen LogP contribution in [-0.2, 0) is 10.8 Å². The summed E-state index contributed by atoms with van der Waals surface area (Å²) in [5.74, 6) is 0.0215. The van der Waals surface area contributed by atoms with Gasteiger partial charge in [-0.3, -0.25) is 0 Å². The Balaban J connectivity index is 1.74. The molecule has 0 aliphatic heterocycles. The monoisotopic (exact) mass is 582 g/mol. The molecule has 0 bridgehead atoms. The molecule has 0 spiro atoms. The summed E-state index contributed by atoms with van der Waals surface area (Å²) in [6, 6.07) is 30.2. The van der Waals surface area contributed by atoms with Crippen molar-refractivity contribution in [3.63, 3.8) is 0 Å². The number of aromatic hydroxyl groups is 4. The first-order chi connectivity index (χ1) is 20.8. The van der Waals surface area contributed by atoms with Crippen LogP contribution in [0.25, 0.3) is 54.9 Å². The van der Waals surface area contributed by atoms with Crippen molar-refractivity contribution in [1.82, 2.24) is 0 Å². The molecule has 0 saturated heterocycles. The van der Waals surface area contributed by atoms with Crippen LogP contribution in [0, 0.1) is 0 Å². The van der Waals surface area contributed by atoms with E-state index >= 15 is 0 Å². The number of phenols is 4. The molecule has 0 radical (unpaired) electrons. The molecule has 6 aromatic carbocycles. The van der Waals surface area contributed by atoms with Crippen LogP contribution >= 0.6 is 0 Å². The molecule has 0 fully saturated rings. The zero-order valence-electron chi connectivity index (χ0n) is 26.0. The van der Waals surface area contributed by atoms with E-state index < -0.39 is 0 Å². The van der Waals surface area contributed by atoms with Gasteiger partial charge in [0.05, 0.1) is 0 Å². The van der Waals surface area contributed by atoms with Crippen LogP contribution in [0.15, 0.2) is 97.1 Å². The zero-order valence-corrected chi connectivity index (χ0v) is 26.0. The van der Waals surface area contributed by atoms with Crippen LogP contribution in [-0.4, -0.2) is 20.4 Å². The molecule has 0 aliphatic rings. The predicted molar refractivity (Wildman–Crippen MR) is 182 cm³/mol. The van der Waals surface area contributed by atoms with Crippen LogP contribution < -0.4 is 0 Å². The highest BCUT2D eigenvalue weighted by Crippen LogP contribution is 2.53. The molecule has 4 nitrogen and oxygen atoms in total. The number of phenolic OH excluding ortho intramolecular Hbond substituents is 4. The third kappa shape index (κ3) is 4.90. The van der Waals surface area contributed by atoms with E-state index in [2.05, 4.69) is 41.5 Å². The lowest BCUT2D eigenvalue weighted by molar-refractivity contribution is 0.466. The lowest BCUT2D eigenvalue weighted by atomic mass is 9.82. The normalized spacial score (nSPS) is 12.2. The highest BCUT2D eigenvalue weighted by Gasteiger charge is 2.26. The summed E-state index contributed by atoms with van der Waals surface area (Å²) in [5.41, 5.74) is 4.56. The standard InChI is InChI=1S/C40H38O4/c1-39(2,3)25-15-17-33(41)29(21-25)31-19-23-11-7-9-13-27(23)35(37(31)43)36-28-14-10-8-12-24(28)20-32(38(36)44)30-22-26(40(4,5)6)16-18-34(30)42/h7-22,41-44H,1-6H3. The minimum atomic E-state index is -0.176. The summed E-state index contributed by atoms with van der Waals surface area (Å²) < 4.78 is 0. The molecular weight excluding hydrogens is 544 g/mol. The summed E-state index contributed by atoms with van der Waals surface area (Å²) in [5, 5.41) is 49.7. The zero-order chi connectivity index (χ0) is 31.6. The molecule has 4 heteroatoms. The van der Waals surface area contributed by atoms with Crippen molar-refractivity contribution in [3.8, 4) is 56.4 Å². The second-order valence-electron chi connectivity index (χ2n) is 13.7. The molecule has 44 heavy (non-hydrogen) atoms. The smallest absolute Gasteiger partial charge is 0.132 e. The van der Waals surface area contributed by atoms with Gasteiger partial charge in [-0.05, 0) is 79.9 Å². The number of fused-ring (bicyclic) bond motifs is 2. The van der Waals surface area contributed by atoms with Gasteiger partial charge in [-0.25, -0.2) is 0 Å². The third-order valence-corrected chi connectivity index (χ3v) is 8.60. The van der Waals surface area contributed by atoms with Gasteiger partial charge in [0.25, 0.3) is 0 Å². The van der Waals surface area contributed by atoms with Crippen LogP contribution in [0.1, 0.15) is 52.7 Å². The van der Waals surface area contributed by atoms with E-state index in [9.17, 15) is 20.4 Å². The lowest BCUT2D eigenvalue weighted by Gasteiger charge is -2.23. The molecular formula is C40H38O4. The lowest BCUT2D eigenvalue weighted by Crippen LogP contribution is -2.10. The first kappa shape index (κ1) is 29.1.